The Morgan fingerprint density at radius 2 is 1.52 bits per heavy atom. The fourth-order valence-electron chi connectivity index (χ4n) is 2.24. The van der Waals surface area contributed by atoms with Gasteiger partial charge in [-0.1, -0.05) is 60.7 Å². The second kappa shape index (κ2) is 8.92. The molecule has 0 bridgehead atoms. The summed E-state index contributed by atoms with van der Waals surface area (Å²) < 4.78 is 0. The van der Waals surface area contributed by atoms with Gasteiger partial charge >= 0.3 is 29.6 Å². The number of aromatic carboxylic acids is 1. The largest absolute Gasteiger partial charge is 1.00 e. The van der Waals surface area contributed by atoms with Crippen LogP contribution in [-0.2, 0) is 0 Å². The first-order valence-corrected chi connectivity index (χ1v) is 8.19. The number of thiophene rings is 1. The Morgan fingerprint density at radius 3 is 2.08 bits per heavy atom. The van der Waals surface area contributed by atoms with E-state index in [-0.39, 0.29) is 40.9 Å². The molecule has 0 saturated heterocycles. The topological polar surface area (TPSA) is 57.2 Å². The van der Waals surface area contributed by atoms with E-state index in [9.17, 15) is 14.7 Å². The maximum absolute atomic E-state index is 12.2. The summed E-state index contributed by atoms with van der Waals surface area (Å²) in [5.41, 5.74) is 2.56. The summed E-state index contributed by atoms with van der Waals surface area (Å²) in [6.07, 6.45) is 3.14. The summed E-state index contributed by atoms with van der Waals surface area (Å²) in [6, 6.07) is 17.7. The van der Waals surface area contributed by atoms with Crippen LogP contribution in [0.5, 0.6) is 0 Å². The van der Waals surface area contributed by atoms with E-state index in [4.69, 9.17) is 0 Å². The van der Waals surface area contributed by atoms with Crippen molar-refractivity contribution in [2.75, 3.05) is 0 Å². The van der Waals surface area contributed by atoms with E-state index in [0.29, 0.717) is 5.56 Å². The molecule has 3 aromatic rings. The maximum atomic E-state index is 12.2. The first-order valence-electron chi connectivity index (χ1n) is 7.31. The van der Waals surface area contributed by atoms with Gasteiger partial charge in [0.15, 0.2) is 5.78 Å². The molecule has 0 aliphatic heterocycles. The van der Waals surface area contributed by atoms with Gasteiger partial charge in [0.2, 0.25) is 0 Å². The SMILES string of the molecule is O=C([O-])c1ccc(/C=C/C(=O)c2ccc(-c3cccs3)cc2)cc1.[Na+]. The van der Waals surface area contributed by atoms with Crippen LogP contribution in [0.4, 0.5) is 0 Å². The Morgan fingerprint density at radius 1 is 0.880 bits per heavy atom. The predicted octanol–water partition coefficient (Wildman–Crippen LogP) is 0.679. The molecule has 25 heavy (non-hydrogen) atoms. The summed E-state index contributed by atoms with van der Waals surface area (Å²) in [7, 11) is 0. The van der Waals surface area contributed by atoms with Crippen molar-refractivity contribution in [2.45, 2.75) is 0 Å². The fraction of sp³-hybridized carbons (Fsp3) is 0. The summed E-state index contributed by atoms with van der Waals surface area (Å²) in [4.78, 5) is 24.1. The van der Waals surface area contributed by atoms with Crippen molar-refractivity contribution in [3.05, 3.63) is 88.8 Å². The van der Waals surface area contributed by atoms with Crippen molar-refractivity contribution in [1.29, 1.82) is 0 Å². The Bertz CT molecular complexity index is 880. The van der Waals surface area contributed by atoms with Crippen molar-refractivity contribution in [3.63, 3.8) is 0 Å². The Labute approximate surface area is 171 Å². The van der Waals surface area contributed by atoms with E-state index < -0.39 is 5.97 Å². The molecule has 0 spiro atoms. The number of hydrogen-bond donors (Lipinski definition) is 0. The molecule has 118 valence electrons. The molecule has 0 saturated carbocycles. The van der Waals surface area contributed by atoms with Crippen LogP contribution in [-0.4, -0.2) is 11.8 Å². The molecule has 0 N–H and O–H groups in total. The normalized spacial score (nSPS) is 10.4. The zero-order valence-corrected chi connectivity index (χ0v) is 16.5. The number of allylic oxidation sites excluding steroid dienone is 1. The number of carbonyl (C=O) groups excluding carboxylic acids is 2. The summed E-state index contributed by atoms with van der Waals surface area (Å²) >= 11 is 1.66. The number of carboxylic acids is 1. The standard InChI is InChI=1S/C20H14O3S.Na/c21-18(12-5-14-3-6-17(7-4-14)20(22)23)15-8-10-16(11-9-15)19-2-1-13-24-19;/h1-13H,(H,22,23);/q;+1/p-1/b12-5+;. The van der Waals surface area contributed by atoms with E-state index in [1.807, 2.05) is 29.6 Å². The summed E-state index contributed by atoms with van der Waals surface area (Å²) in [5.74, 6) is -1.32. The van der Waals surface area contributed by atoms with Gasteiger partial charge in [0.25, 0.3) is 0 Å². The third kappa shape index (κ3) is 5.00. The van der Waals surface area contributed by atoms with Crippen molar-refractivity contribution < 1.29 is 44.3 Å². The molecule has 5 heteroatoms. The van der Waals surface area contributed by atoms with Crippen LogP contribution in [0.1, 0.15) is 26.3 Å². The molecule has 0 amide bonds. The number of rotatable bonds is 5. The van der Waals surface area contributed by atoms with Gasteiger partial charge in [0, 0.05) is 10.4 Å². The minimum Gasteiger partial charge on any atom is -0.545 e. The van der Waals surface area contributed by atoms with Crippen LogP contribution in [0.2, 0.25) is 0 Å². The Hall–Kier alpha value is -1.98. The number of ketones is 1. The van der Waals surface area contributed by atoms with E-state index in [0.717, 1.165) is 16.0 Å². The fourth-order valence-corrected chi connectivity index (χ4v) is 2.97. The maximum Gasteiger partial charge on any atom is 1.00 e. The average Bonchev–Trinajstić information content (AvgIpc) is 3.15. The molecular weight excluding hydrogens is 343 g/mol. The minimum absolute atomic E-state index is 0. The van der Waals surface area contributed by atoms with Crippen LogP contribution in [0.15, 0.2) is 72.1 Å². The van der Waals surface area contributed by atoms with Crippen LogP contribution in [0.25, 0.3) is 16.5 Å². The number of carboxylic acid groups (broad SMARTS) is 1. The zero-order chi connectivity index (χ0) is 16.9. The third-order valence-electron chi connectivity index (χ3n) is 3.55. The first-order chi connectivity index (χ1) is 11.6. The molecule has 0 unspecified atom stereocenters. The molecule has 1 aromatic heterocycles. The van der Waals surface area contributed by atoms with E-state index in [1.165, 1.54) is 18.2 Å². The molecule has 3 rings (SSSR count). The van der Waals surface area contributed by atoms with Gasteiger partial charge in [-0.25, -0.2) is 0 Å². The zero-order valence-electron chi connectivity index (χ0n) is 13.6. The predicted molar refractivity (Wildman–Crippen MR) is 93.9 cm³/mol. The van der Waals surface area contributed by atoms with Crippen molar-refractivity contribution in [2.24, 2.45) is 0 Å². The van der Waals surface area contributed by atoms with E-state index in [2.05, 4.69) is 0 Å². The molecule has 0 aliphatic carbocycles. The summed E-state index contributed by atoms with van der Waals surface area (Å²) in [5, 5.41) is 12.7. The van der Waals surface area contributed by atoms with Crippen LogP contribution in [0.3, 0.4) is 0 Å². The molecule has 0 aliphatic rings. The number of hydrogen-bond acceptors (Lipinski definition) is 4. The van der Waals surface area contributed by atoms with E-state index in [1.54, 1.807) is 41.7 Å². The van der Waals surface area contributed by atoms with Crippen LogP contribution >= 0.6 is 11.3 Å². The molecule has 0 atom stereocenters. The molecule has 0 fully saturated rings. The molecule has 0 radical (unpaired) electrons. The average molecular weight is 356 g/mol. The second-order valence-corrected chi connectivity index (χ2v) is 6.11. The van der Waals surface area contributed by atoms with Gasteiger partial charge < -0.3 is 9.90 Å². The van der Waals surface area contributed by atoms with Gasteiger partial charge in [0.1, 0.15) is 0 Å². The second-order valence-electron chi connectivity index (χ2n) is 5.16. The Balaban J connectivity index is 0.00000225. The molecule has 3 nitrogen and oxygen atoms in total. The number of benzene rings is 2. The first kappa shape index (κ1) is 19.3. The van der Waals surface area contributed by atoms with Gasteiger partial charge in [-0.15, -0.1) is 11.3 Å². The summed E-state index contributed by atoms with van der Waals surface area (Å²) in [6.45, 7) is 0. The van der Waals surface area contributed by atoms with E-state index >= 15 is 0 Å². The molecule has 2 aromatic carbocycles. The molecular formula is C20H13NaO3S. The van der Waals surface area contributed by atoms with Gasteiger partial charge in [-0.2, -0.15) is 0 Å². The minimum atomic E-state index is -1.22. The van der Waals surface area contributed by atoms with Gasteiger partial charge in [0.05, 0.1) is 5.97 Å². The van der Waals surface area contributed by atoms with Gasteiger partial charge in [-0.05, 0) is 34.2 Å². The van der Waals surface area contributed by atoms with Crippen molar-refractivity contribution in [3.8, 4) is 10.4 Å². The third-order valence-corrected chi connectivity index (χ3v) is 4.47. The van der Waals surface area contributed by atoms with Crippen molar-refractivity contribution >= 4 is 29.2 Å². The monoisotopic (exact) mass is 356 g/mol. The number of carbonyl (C=O) groups is 2. The van der Waals surface area contributed by atoms with Crippen molar-refractivity contribution in [1.82, 2.24) is 0 Å². The van der Waals surface area contributed by atoms with Gasteiger partial charge in [-0.3, -0.25) is 4.79 Å². The molecule has 1 heterocycles. The quantitative estimate of drug-likeness (QED) is 0.384. The Kier molecular flexibility index (Phi) is 6.91. The van der Waals surface area contributed by atoms with Crippen LogP contribution < -0.4 is 34.7 Å². The smallest absolute Gasteiger partial charge is 0.545 e. The van der Waals surface area contributed by atoms with Crippen LogP contribution in [0, 0.1) is 0 Å².